The Kier molecular flexibility index (Phi) is 6.68. The largest absolute Gasteiger partial charge is 0.450 e. The van der Waals surface area contributed by atoms with Gasteiger partial charge >= 0.3 is 6.09 Å². The molecular formula is C21H32N2O3. The topological polar surface area (TPSA) is 49.9 Å². The maximum Gasteiger partial charge on any atom is 0.409 e. The number of aryl methyl sites for hydroxylation is 1. The minimum absolute atomic E-state index is 0.106. The summed E-state index contributed by atoms with van der Waals surface area (Å²) in [6.07, 6.45) is 0.915. The molecule has 144 valence electrons. The van der Waals surface area contributed by atoms with Crippen LogP contribution in [-0.4, -0.2) is 54.6 Å². The van der Waals surface area contributed by atoms with Crippen molar-refractivity contribution in [3.63, 3.8) is 0 Å². The standard InChI is InChI=1S/C21H32N2O3/c1-6-26-20(25)23-11-7-10-22(12-13-23)19(24)15-17-8-9-18(14-16(17)2)21(3,4)5/h8-9,14H,6-7,10-13,15H2,1-5H3. The number of carbonyl (C=O) groups is 2. The molecule has 0 N–H and O–H groups in total. The molecule has 5 heteroatoms. The maximum atomic E-state index is 12.7. The summed E-state index contributed by atoms with van der Waals surface area (Å²) in [6.45, 7) is 13.3. The average molecular weight is 360 g/mol. The van der Waals surface area contributed by atoms with E-state index >= 15 is 0 Å². The quantitative estimate of drug-likeness (QED) is 0.829. The van der Waals surface area contributed by atoms with Crippen molar-refractivity contribution in [3.8, 4) is 0 Å². The van der Waals surface area contributed by atoms with Gasteiger partial charge in [0.25, 0.3) is 0 Å². The molecule has 1 aliphatic rings. The van der Waals surface area contributed by atoms with E-state index in [0.717, 1.165) is 17.5 Å². The Balaban J connectivity index is 1.98. The molecule has 0 spiro atoms. The Morgan fingerprint density at radius 2 is 1.73 bits per heavy atom. The molecule has 2 amide bonds. The van der Waals surface area contributed by atoms with Crippen molar-refractivity contribution in [2.24, 2.45) is 0 Å². The molecule has 1 saturated heterocycles. The fourth-order valence-corrected chi connectivity index (χ4v) is 3.20. The van der Waals surface area contributed by atoms with Crippen LogP contribution in [0.3, 0.4) is 0 Å². The number of hydrogen-bond acceptors (Lipinski definition) is 3. The van der Waals surface area contributed by atoms with Crippen molar-refractivity contribution in [2.75, 3.05) is 32.8 Å². The van der Waals surface area contributed by atoms with Gasteiger partial charge in [-0.3, -0.25) is 4.79 Å². The van der Waals surface area contributed by atoms with E-state index in [2.05, 4.69) is 45.9 Å². The van der Waals surface area contributed by atoms with E-state index in [9.17, 15) is 9.59 Å². The zero-order valence-electron chi connectivity index (χ0n) is 16.8. The number of hydrogen-bond donors (Lipinski definition) is 0. The summed E-state index contributed by atoms with van der Waals surface area (Å²) in [4.78, 5) is 28.2. The molecule has 0 atom stereocenters. The molecular weight excluding hydrogens is 328 g/mol. The van der Waals surface area contributed by atoms with Gasteiger partial charge < -0.3 is 14.5 Å². The normalized spacial score (nSPS) is 15.6. The molecule has 0 aliphatic carbocycles. The van der Waals surface area contributed by atoms with Crippen molar-refractivity contribution in [2.45, 2.75) is 52.9 Å². The van der Waals surface area contributed by atoms with Crippen LogP contribution in [0.25, 0.3) is 0 Å². The molecule has 26 heavy (non-hydrogen) atoms. The van der Waals surface area contributed by atoms with Gasteiger partial charge in [-0.15, -0.1) is 0 Å². The predicted octanol–water partition coefficient (Wildman–Crippen LogP) is 3.53. The molecule has 0 saturated carbocycles. The molecule has 1 aromatic rings. The van der Waals surface area contributed by atoms with Crippen LogP contribution in [0.4, 0.5) is 4.79 Å². The fourth-order valence-electron chi connectivity index (χ4n) is 3.20. The molecule has 0 unspecified atom stereocenters. The predicted molar refractivity (Wildman–Crippen MR) is 103 cm³/mol. The van der Waals surface area contributed by atoms with Gasteiger partial charge in [0.2, 0.25) is 5.91 Å². The van der Waals surface area contributed by atoms with Crippen LogP contribution in [0.5, 0.6) is 0 Å². The van der Waals surface area contributed by atoms with Crippen LogP contribution >= 0.6 is 0 Å². The zero-order chi connectivity index (χ0) is 19.3. The number of amides is 2. The molecule has 1 aliphatic heterocycles. The van der Waals surface area contributed by atoms with Gasteiger partial charge in [0.05, 0.1) is 13.0 Å². The van der Waals surface area contributed by atoms with Gasteiger partial charge in [-0.05, 0) is 42.4 Å². The van der Waals surface area contributed by atoms with Gasteiger partial charge in [0, 0.05) is 26.2 Å². The van der Waals surface area contributed by atoms with Crippen LogP contribution < -0.4 is 0 Å². The van der Waals surface area contributed by atoms with Crippen LogP contribution in [0.15, 0.2) is 18.2 Å². The number of benzene rings is 1. The lowest BCUT2D eigenvalue weighted by molar-refractivity contribution is -0.130. The Hall–Kier alpha value is -2.04. The van der Waals surface area contributed by atoms with Crippen LogP contribution in [-0.2, 0) is 21.4 Å². The minimum atomic E-state index is -0.282. The first-order valence-electron chi connectivity index (χ1n) is 9.52. The summed E-state index contributed by atoms with van der Waals surface area (Å²) >= 11 is 0. The highest BCUT2D eigenvalue weighted by Crippen LogP contribution is 2.24. The number of ether oxygens (including phenoxy) is 1. The molecule has 1 heterocycles. The molecule has 1 aromatic carbocycles. The molecule has 5 nitrogen and oxygen atoms in total. The Bertz CT molecular complexity index is 649. The van der Waals surface area contributed by atoms with Crippen molar-refractivity contribution in [1.82, 2.24) is 9.80 Å². The number of carbonyl (C=O) groups excluding carboxylic acids is 2. The van der Waals surface area contributed by atoms with E-state index in [1.165, 1.54) is 5.56 Å². The van der Waals surface area contributed by atoms with E-state index in [1.807, 2.05) is 4.90 Å². The third kappa shape index (κ3) is 5.23. The fraction of sp³-hybridized carbons (Fsp3) is 0.619. The summed E-state index contributed by atoms with van der Waals surface area (Å²) < 4.78 is 5.07. The second-order valence-corrected chi connectivity index (χ2v) is 7.99. The van der Waals surface area contributed by atoms with Crippen LogP contribution in [0.2, 0.25) is 0 Å². The Labute approximate surface area is 157 Å². The first kappa shape index (κ1) is 20.3. The van der Waals surface area contributed by atoms with Gasteiger partial charge in [0.15, 0.2) is 0 Å². The highest BCUT2D eigenvalue weighted by Gasteiger charge is 2.23. The third-order valence-electron chi connectivity index (χ3n) is 4.92. The van der Waals surface area contributed by atoms with E-state index in [-0.39, 0.29) is 17.4 Å². The van der Waals surface area contributed by atoms with Crippen molar-refractivity contribution in [1.29, 1.82) is 0 Å². The SMILES string of the molecule is CCOC(=O)N1CCCN(C(=O)Cc2ccc(C(C)(C)C)cc2C)CC1. The monoisotopic (exact) mass is 360 g/mol. The molecule has 0 bridgehead atoms. The minimum Gasteiger partial charge on any atom is -0.450 e. The third-order valence-corrected chi connectivity index (χ3v) is 4.92. The number of nitrogens with zero attached hydrogens (tertiary/aromatic N) is 2. The average Bonchev–Trinajstić information content (AvgIpc) is 2.82. The van der Waals surface area contributed by atoms with Crippen LogP contribution in [0.1, 0.15) is 50.8 Å². The highest BCUT2D eigenvalue weighted by atomic mass is 16.6. The van der Waals surface area contributed by atoms with Gasteiger partial charge in [0.1, 0.15) is 0 Å². The maximum absolute atomic E-state index is 12.7. The smallest absolute Gasteiger partial charge is 0.409 e. The van der Waals surface area contributed by atoms with Crippen molar-refractivity contribution in [3.05, 3.63) is 34.9 Å². The summed E-state index contributed by atoms with van der Waals surface area (Å²) in [7, 11) is 0. The van der Waals surface area contributed by atoms with E-state index in [4.69, 9.17) is 4.74 Å². The summed E-state index contributed by atoms with van der Waals surface area (Å²) in [6, 6.07) is 6.39. The number of rotatable bonds is 3. The second kappa shape index (κ2) is 8.56. The second-order valence-electron chi connectivity index (χ2n) is 7.99. The van der Waals surface area contributed by atoms with Crippen LogP contribution in [0, 0.1) is 6.92 Å². The van der Waals surface area contributed by atoms with E-state index in [0.29, 0.717) is 39.2 Å². The molecule has 0 aromatic heterocycles. The van der Waals surface area contributed by atoms with E-state index < -0.39 is 0 Å². The first-order chi connectivity index (χ1) is 12.2. The van der Waals surface area contributed by atoms with Crippen molar-refractivity contribution < 1.29 is 14.3 Å². The summed E-state index contributed by atoms with van der Waals surface area (Å²) in [5, 5.41) is 0. The highest BCUT2D eigenvalue weighted by molar-refractivity contribution is 5.79. The molecule has 1 fully saturated rings. The lowest BCUT2D eigenvalue weighted by Crippen LogP contribution is -2.38. The molecule has 2 rings (SSSR count). The Morgan fingerprint density at radius 3 is 2.35 bits per heavy atom. The van der Waals surface area contributed by atoms with Gasteiger partial charge in [-0.25, -0.2) is 4.79 Å². The lowest BCUT2D eigenvalue weighted by Gasteiger charge is -2.23. The summed E-state index contributed by atoms with van der Waals surface area (Å²) in [5.74, 6) is 0.127. The molecule has 0 radical (unpaired) electrons. The summed E-state index contributed by atoms with van der Waals surface area (Å²) in [5.41, 5.74) is 3.63. The van der Waals surface area contributed by atoms with E-state index in [1.54, 1.807) is 11.8 Å². The Morgan fingerprint density at radius 1 is 1.08 bits per heavy atom. The lowest BCUT2D eigenvalue weighted by atomic mass is 9.85. The first-order valence-corrected chi connectivity index (χ1v) is 9.52. The van der Waals surface area contributed by atoms with Gasteiger partial charge in [-0.1, -0.05) is 39.0 Å². The van der Waals surface area contributed by atoms with Gasteiger partial charge in [-0.2, -0.15) is 0 Å². The zero-order valence-corrected chi connectivity index (χ0v) is 16.8. The van der Waals surface area contributed by atoms with Crippen molar-refractivity contribution >= 4 is 12.0 Å².